The van der Waals surface area contributed by atoms with Crippen LogP contribution >= 0.6 is 0 Å². The van der Waals surface area contributed by atoms with Gasteiger partial charge in [0.15, 0.2) is 5.37 Å². The van der Waals surface area contributed by atoms with Gasteiger partial charge in [-0.3, -0.25) is 0 Å². The number of sulfonamides is 1. The van der Waals surface area contributed by atoms with Crippen molar-refractivity contribution in [3.63, 3.8) is 0 Å². The molecular formula is C5H8N2O2S. The van der Waals surface area contributed by atoms with Crippen LogP contribution in [0.25, 0.3) is 0 Å². The average molecular weight is 160 g/mol. The number of nitrogens with two attached hydrogens (primary N) is 1. The predicted octanol–water partition coefficient (Wildman–Crippen LogP) is -0.726. The van der Waals surface area contributed by atoms with Gasteiger partial charge in [0.05, 0.1) is 0 Å². The van der Waals surface area contributed by atoms with Crippen molar-refractivity contribution in [2.24, 2.45) is 5.14 Å². The minimum absolute atomic E-state index is 0.766. The van der Waals surface area contributed by atoms with E-state index in [1.165, 1.54) is 12.3 Å². The first kappa shape index (κ1) is 7.30. The highest BCUT2D eigenvalue weighted by molar-refractivity contribution is 7.89. The van der Waals surface area contributed by atoms with Crippen molar-refractivity contribution in [3.05, 3.63) is 24.4 Å². The van der Waals surface area contributed by atoms with Crippen molar-refractivity contribution in [2.75, 3.05) is 0 Å². The van der Waals surface area contributed by atoms with E-state index >= 15 is 0 Å². The van der Waals surface area contributed by atoms with Crippen LogP contribution in [0.4, 0.5) is 0 Å². The van der Waals surface area contributed by atoms with Crippen molar-refractivity contribution >= 4 is 10.0 Å². The van der Waals surface area contributed by atoms with E-state index in [-0.39, 0.29) is 0 Å². The van der Waals surface area contributed by atoms with E-state index in [4.69, 9.17) is 5.14 Å². The number of hydrogen-bond donors (Lipinski definition) is 2. The molecule has 1 atom stereocenters. The summed E-state index contributed by atoms with van der Waals surface area (Å²) < 4.78 is 21.2. The summed E-state index contributed by atoms with van der Waals surface area (Å²) >= 11 is 0. The number of allylic oxidation sites excluding steroid dienone is 2. The van der Waals surface area contributed by atoms with Gasteiger partial charge in [0.1, 0.15) is 0 Å². The highest BCUT2D eigenvalue weighted by Gasteiger charge is 2.16. The Bertz CT molecular complexity index is 265. The van der Waals surface area contributed by atoms with E-state index in [2.05, 4.69) is 5.32 Å². The minimum Gasteiger partial charge on any atom is -0.371 e. The van der Waals surface area contributed by atoms with Crippen LogP contribution in [-0.2, 0) is 10.0 Å². The van der Waals surface area contributed by atoms with E-state index in [1.807, 2.05) is 0 Å². The molecule has 5 heteroatoms. The zero-order chi connectivity index (χ0) is 7.61. The summed E-state index contributed by atoms with van der Waals surface area (Å²) in [4.78, 5) is 0. The number of dihydropyridines is 1. The first-order chi connectivity index (χ1) is 4.61. The molecule has 0 bridgehead atoms. The Kier molecular flexibility index (Phi) is 1.78. The van der Waals surface area contributed by atoms with E-state index in [0.29, 0.717) is 0 Å². The van der Waals surface area contributed by atoms with Gasteiger partial charge in [0.2, 0.25) is 10.0 Å². The Hall–Kier alpha value is -0.810. The largest absolute Gasteiger partial charge is 0.371 e. The van der Waals surface area contributed by atoms with E-state index < -0.39 is 15.4 Å². The normalized spacial score (nSPS) is 24.3. The summed E-state index contributed by atoms with van der Waals surface area (Å²) in [5, 5.41) is 6.65. The lowest BCUT2D eigenvalue weighted by Gasteiger charge is -2.11. The molecule has 0 aromatic rings. The average Bonchev–Trinajstić information content (AvgIpc) is 1.88. The topological polar surface area (TPSA) is 72.2 Å². The van der Waals surface area contributed by atoms with E-state index in [0.717, 1.165) is 0 Å². The zero-order valence-corrected chi connectivity index (χ0v) is 6.01. The molecule has 56 valence electrons. The standard InChI is InChI=1S/C5H8N2O2S/c6-10(8,9)5-3-1-2-4-7-5/h1-5,7H,(H2,6,8,9). The highest BCUT2D eigenvalue weighted by atomic mass is 32.2. The van der Waals surface area contributed by atoms with Gasteiger partial charge in [0.25, 0.3) is 0 Å². The van der Waals surface area contributed by atoms with Crippen LogP contribution in [0, 0.1) is 0 Å². The monoisotopic (exact) mass is 160 g/mol. The molecule has 1 rings (SSSR count). The van der Waals surface area contributed by atoms with Crippen molar-refractivity contribution < 1.29 is 8.42 Å². The maximum Gasteiger partial charge on any atom is 0.233 e. The van der Waals surface area contributed by atoms with Crippen molar-refractivity contribution in [1.82, 2.24) is 5.32 Å². The first-order valence-corrected chi connectivity index (χ1v) is 4.32. The van der Waals surface area contributed by atoms with Crippen LogP contribution in [0.3, 0.4) is 0 Å². The fraction of sp³-hybridized carbons (Fsp3) is 0.200. The fourth-order valence-corrected chi connectivity index (χ4v) is 1.21. The molecule has 1 aliphatic heterocycles. The Morgan fingerprint density at radius 2 is 2.10 bits per heavy atom. The van der Waals surface area contributed by atoms with E-state index in [1.54, 1.807) is 12.2 Å². The molecule has 0 aliphatic carbocycles. The summed E-state index contributed by atoms with van der Waals surface area (Å²) in [7, 11) is -3.48. The number of hydrogen-bond acceptors (Lipinski definition) is 3. The summed E-state index contributed by atoms with van der Waals surface area (Å²) in [6, 6.07) is 0. The molecule has 1 aliphatic rings. The summed E-state index contributed by atoms with van der Waals surface area (Å²) in [6.45, 7) is 0. The lowest BCUT2D eigenvalue weighted by Crippen LogP contribution is -2.37. The second-order valence-electron chi connectivity index (χ2n) is 1.92. The molecule has 0 fully saturated rings. The van der Waals surface area contributed by atoms with Crippen LogP contribution in [0.5, 0.6) is 0 Å². The Balaban J connectivity index is 2.79. The van der Waals surface area contributed by atoms with Gasteiger partial charge >= 0.3 is 0 Å². The van der Waals surface area contributed by atoms with Gasteiger partial charge in [-0.05, 0) is 18.4 Å². The highest BCUT2D eigenvalue weighted by Crippen LogP contribution is 1.98. The summed E-state index contributed by atoms with van der Waals surface area (Å²) in [5.41, 5.74) is 0. The van der Waals surface area contributed by atoms with Crippen molar-refractivity contribution in [1.29, 1.82) is 0 Å². The SMILES string of the molecule is NS(=O)(=O)C1C=CC=CN1. The van der Waals surface area contributed by atoms with Gasteiger partial charge in [-0.25, -0.2) is 13.6 Å². The van der Waals surface area contributed by atoms with Crippen LogP contribution in [0.2, 0.25) is 0 Å². The van der Waals surface area contributed by atoms with Gasteiger partial charge in [-0.1, -0.05) is 6.08 Å². The molecule has 0 aromatic carbocycles. The van der Waals surface area contributed by atoms with Crippen molar-refractivity contribution in [3.8, 4) is 0 Å². The molecule has 4 nitrogen and oxygen atoms in total. The van der Waals surface area contributed by atoms with Crippen LogP contribution in [0.1, 0.15) is 0 Å². The molecule has 0 aromatic heterocycles. The molecule has 1 unspecified atom stereocenters. The summed E-state index contributed by atoms with van der Waals surface area (Å²) in [5.74, 6) is 0. The lowest BCUT2D eigenvalue weighted by atomic mass is 10.4. The maximum atomic E-state index is 10.6. The van der Waals surface area contributed by atoms with Gasteiger partial charge in [-0.15, -0.1) is 0 Å². The smallest absolute Gasteiger partial charge is 0.233 e. The molecular weight excluding hydrogens is 152 g/mol. The fourth-order valence-electron chi connectivity index (χ4n) is 0.631. The molecule has 0 spiro atoms. The van der Waals surface area contributed by atoms with Crippen LogP contribution < -0.4 is 10.5 Å². The third kappa shape index (κ3) is 1.58. The zero-order valence-electron chi connectivity index (χ0n) is 5.19. The predicted molar refractivity (Wildman–Crippen MR) is 38.3 cm³/mol. The van der Waals surface area contributed by atoms with Crippen molar-refractivity contribution in [2.45, 2.75) is 5.37 Å². The third-order valence-electron chi connectivity index (χ3n) is 1.11. The second kappa shape index (κ2) is 2.43. The molecule has 0 saturated carbocycles. The summed E-state index contributed by atoms with van der Waals surface area (Å²) in [6.07, 6.45) is 6.34. The van der Waals surface area contributed by atoms with Crippen LogP contribution in [0.15, 0.2) is 24.4 Å². The second-order valence-corrected chi connectivity index (χ2v) is 3.61. The van der Waals surface area contributed by atoms with Gasteiger partial charge in [-0.2, -0.15) is 0 Å². The maximum absolute atomic E-state index is 10.6. The van der Waals surface area contributed by atoms with Gasteiger partial charge in [0, 0.05) is 0 Å². The molecule has 0 radical (unpaired) electrons. The first-order valence-electron chi connectivity index (χ1n) is 2.72. The van der Waals surface area contributed by atoms with E-state index in [9.17, 15) is 8.42 Å². The molecule has 1 heterocycles. The third-order valence-corrected chi connectivity index (χ3v) is 2.11. The Morgan fingerprint density at radius 1 is 1.40 bits per heavy atom. The molecule has 10 heavy (non-hydrogen) atoms. The quantitative estimate of drug-likeness (QED) is 0.531. The van der Waals surface area contributed by atoms with Gasteiger partial charge < -0.3 is 5.32 Å². The minimum atomic E-state index is -3.48. The Labute approximate surface area is 59.5 Å². The Morgan fingerprint density at radius 3 is 2.40 bits per heavy atom. The van der Waals surface area contributed by atoms with Crippen LogP contribution in [-0.4, -0.2) is 13.8 Å². The molecule has 3 N–H and O–H groups in total. The lowest BCUT2D eigenvalue weighted by molar-refractivity contribution is 0.584. The molecule has 0 amide bonds. The number of primary sulfonamides is 1. The number of rotatable bonds is 1. The molecule has 0 saturated heterocycles. The number of nitrogens with one attached hydrogen (secondary N) is 1.